The van der Waals surface area contributed by atoms with Gasteiger partial charge in [-0.15, -0.1) is 0 Å². The number of fused-ring (bicyclic) bond motifs is 1. The number of amides is 1. The number of ether oxygens (including phenoxy) is 2. The molecule has 3 heterocycles. The summed E-state index contributed by atoms with van der Waals surface area (Å²) in [6.07, 6.45) is 2.11. The molecule has 2 atom stereocenters. The minimum absolute atomic E-state index is 0.209. The number of nitriles is 2. The van der Waals surface area contributed by atoms with E-state index in [1.807, 2.05) is 49.9 Å². The van der Waals surface area contributed by atoms with Crippen molar-refractivity contribution in [2.24, 2.45) is 5.92 Å². The monoisotopic (exact) mass is 668 g/mol. The highest BCUT2D eigenvalue weighted by Gasteiger charge is 2.40. The van der Waals surface area contributed by atoms with Gasteiger partial charge in [-0.25, -0.2) is 4.79 Å². The van der Waals surface area contributed by atoms with Gasteiger partial charge in [-0.2, -0.15) is 30.1 Å². The summed E-state index contributed by atoms with van der Waals surface area (Å²) in [4.78, 5) is 28.1. The Morgan fingerprint density at radius 3 is 2.42 bits per heavy atom. The van der Waals surface area contributed by atoms with Gasteiger partial charge in [0.25, 0.3) is 0 Å². The quantitative estimate of drug-likeness (QED) is 0.245. The minimum Gasteiger partial charge on any atom is -0.497 e. The summed E-state index contributed by atoms with van der Waals surface area (Å²) < 4.78 is 12.5. The van der Waals surface area contributed by atoms with E-state index in [1.165, 1.54) is 6.20 Å². The molecule has 1 saturated heterocycles. The number of carbonyl (C=O) groups is 1. The van der Waals surface area contributed by atoms with E-state index in [0.717, 1.165) is 17.7 Å². The number of halogens is 1. The smallest absolute Gasteiger partial charge is 0.410 e. The van der Waals surface area contributed by atoms with Gasteiger partial charge in [0.15, 0.2) is 5.65 Å². The van der Waals surface area contributed by atoms with E-state index in [0.29, 0.717) is 77.8 Å². The summed E-state index contributed by atoms with van der Waals surface area (Å²) in [5.74, 6) is 1.95. The highest BCUT2D eigenvalue weighted by molar-refractivity contribution is 6.36. The average molecular weight is 669 g/mol. The van der Waals surface area contributed by atoms with Gasteiger partial charge in [0.05, 0.1) is 41.3 Å². The molecule has 14 heteroatoms. The normalized spacial score (nSPS) is 17.4. The van der Waals surface area contributed by atoms with Crippen molar-refractivity contribution in [3.63, 3.8) is 0 Å². The first-order chi connectivity index (χ1) is 23.0. The molecule has 48 heavy (non-hydrogen) atoms. The Labute approximate surface area is 284 Å². The molecule has 4 aromatic rings. The SMILES string of the molecule is COc1ccc(CN(c2nc(Nc3cc(C#N)cc(N4CCN(C(=O)OC(C)(C)C)CC4)c3Cl)nc3c(C#N)cnn23)[C@H]2C[C@@H]2C)cc1. The van der Waals surface area contributed by atoms with Gasteiger partial charge in [-0.3, -0.25) is 0 Å². The van der Waals surface area contributed by atoms with E-state index in [4.69, 9.17) is 26.1 Å². The fourth-order valence-corrected chi connectivity index (χ4v) is 6.03. The van der Waals surface area contributed by atoms with Gasteiger partial charge in [0.1, 0.15) is 23.0 Å². The zero-order valence-corrected chi connectivity index (χ0v) is 28.3. The Kier molecular flexibility index (Phi) is 8.91. The number of hydrogen-bond donors (Lipinski definition) is 1. The van der Waals surface area contributed by atoms with E-state index < -0.39 is 5.60 Å². The standard InChI is InChI=1S/C34H37ClN10O3/c1-21-14-27(21)44(20-22-6-8-25(47-5)9-7-22)32-41-31(40-30-24(18-37)19-38-45(30)32)39-26-15-23(17-36)16-28(29(26)35)42-10-12-43(13-11-42)33(46)48-34(2,3)4/h6-9,15-16,19,21,27H,10-14,20H2,1-5H3,(H,39,40)/t21-,27-/m0/s1. The van der Waals surface area contributed by atoms with Crippen LogP contribution in [0.15, 0.2) is 42.6 Å². The Morgan fingerprint density at radius 1 is 1.10 bits per heavy atom. The number of anilines is 4. The zero-order chi connectivity index (χ0) is 34.2. The van der Waals surface area contributed by atoms with Crippen molar-refractivity contribution in [3.8, 4) is 17.9 Å². The first kappa shape index (κ1) is 32.7. The lowest BCUT2D eigenvalue weighted by molar-refractivity contribution is 0.0240. The van der Waals surface area contributed by atoms with Crippen LogP contribution in [0.3, 0.4) is 0 Å². The molecule has 13 nitrogen and oxygen atoms in total. The predicted molar refractivity (Wildman–Crippen MR) is 182 cm³/mol. The largest absolute Gasteiger partial charge is 0.497 e. The molecule has 2 aromatic carbocycles. The van der Waals surface area contributed by atoms with Crippen LogP contribution >= 0.6 is 11.6 Å². The fourth-order valence-electron chi connectivity index (χ4n) is 5.76. The van der Waals surface area contributed by atoms with Crippen molar-refractivity contribution >= 4 is 46.6 Å². The van der Waals surface area contributed by atoms with Crippen LogP contribution in [0.25, 0.3) is 5.65 Å². The van der Waals surface area contributed by atoms with Crippen molar-refractivity contribution in [2.75, 3.05) is 48.4 Å². The Hall–Kier alpha value is -5.27. The molecule has 2 aliphatic rings. The Morgan fingerprint density at radius 2 is 1.81 bits per heavy atom. The van der Waals surface area contributed by atoms with Crippen molar-refractivity contribution in [1.82, 2.24) is 24.5 Å². The van der Waals surface area contributed by atoms with Gasteiger partial charge >= 0.3 is 6.09 Å². The van der Waals surface area contributed by atoms with Crippen LogP contribution in [0.4, 0.5) is 28.1 Å². The number of carbonyl (C=O) groups excluding carboxylic acids is 1. The molecular formula is C34H37ClN10O3. The summed E-state index contributed by atoms with van der Waals surface area (Å²) in [7, 11) is 1.64. The number of aromatic nitrogens is 4. The molecule has 1 N–H and O–H groups in total. The third-order valence-corrected chi connectivity index (χ3v) is 8.81. The molecule has 1 amide bonds. The molecule has 248 valence electrons. The van der Waals surface area contributed by atoms with Gasteiger partial charge in [0, 0.05) is 38.8 Å². The van der Waals surface area contributed by atoms with Crippen molar-refractivity contribution in [2.45, 2.75) is 52.3 Å². The maximum absolute atomic E-state index is 12.6. The number of nitrogens with one attached hydrogen (secondary N) is 1. The highest BCUT2D eigenvalue weighted by atomic mass is 35.5. The van der Waals surface area contributed by atoms with Gasteiger partial charge in [0.2, 0.25) is 11.9 Å². The van der Waals surface area contributed by atoms with Crippen LogP contribution in [-0.4, -0.2) is 75.5 Å². The van der Waals surface area contributed by atoms with Gasteiger partial charge < -0.3 is 29.5 Å². The minimum atomic E-state index is -0.585. The summed E-state index contributed by atoms with van der Waals surface area (Å²) in [5.41, 5.74) is 2.61. The van der Waals surface area contributed by atoms with Crippen molar-refractivity contribution < 1.29 is 14.3 Å². The van der Waals surface area contributed by atoms with Crippen LogP contribution < -0.4 is 19.9 Å². The van der Waals surface area contributed by atoms with Crippen LogP contribution in [0, 0.1) is 28.6 Å². The molecule has 2 fully saturated rings. The lowest BCUT2D eigenvalue weighted by atomic mass is 10.1. The van der Waals surface area contributed by atoms with Crippen molar-refractivity contribution in [3.05, 3.63) is 64.3 Å². The molecule has 6 rings (SSSR count). The second-order valence-electron chi connectivity index (χ2n) is 13.1. The summed E-state index contributed by atoms with van der Waals surface area (Å²) >= 11 is 7.01. The van der Waals surface area contributed by atoms with E-state index in [2.05, 4.69) is 39.4 Å². The summed E-state index contributed by atoms with van der Waals surface area (Å²) in [5, 5.41) is 27.9. The third-order valence-electron chi connectivity index (χ3n) is 8.41. The molecule has 1 aliphatic heterocycles. The molecule has 2 aromatic heterocycles. The summed E-state index contributed by atoms with van der Waals surface area (Å²) in [6.45, 7) is 10.1. The lowest BCUT2D eigenvalue weighted by Crippen LogP contribution is -2.50. The lowest BCUT2D eigenvalue weighted by Gasteiger charge is -2.37. The molecular weight excluding hydrogens is 632 g/mol. The Bertz CT molecular complexity index is 1920. The average Bonchev–Trinajstić information content (AvgIpc) is 3.65. The topological polar surface area (TPSA) is 148 Å². The first-order valence-electron chi connectivity index (χ1n) is 15.8. The number of hydrogen-bond acceptors (Lipinski definition) is 11. The van der Waals surface area contributed by atoms with Crippen LogP contribution in [0.5, 0.6) is 5.75 Å². The highest BCUT2D eigenvalue weighted by Crippen LogP contribution is 2.40. The molecule has 0 unspecified atom stereocenters. The maximum Gasteiger partial charge on any atom is 0.410 e. The molecule has 1 aliphatic carbocycles. The number of rotatable bonds is 8. The number of piperazine rings is 1. The van der Waals surface area contributed by atoms with Crippen molar-refractivity contribution in [1.29, 1.82) is 10.5 Å². The maximum atomic E-state index is 12.6. The molecule has 1 saturated carbocycles. The fraction of sp³-hybridized carbons (Fsp3) is 0.412. The zero-order valence-electron chi connectivity index (χ0n) is 27.6. The molecule has 0 radical (unpaired) electrons. The second kappa shape index (κ2) is 13.1. The second-order valence-corrected chi connectivity index (χ2v) is 13.4. The van der Waals surface area contributed by atoms with Gasteiger partial charge in [-0.1, -0.05) is 30.7 Å². The van der Waals surface area contributed by atoms with E-state index in [9.17, 15) is 15.3 Å². The summed E-state index contributed by atoms with van der Waals surface area (Å²) in [6, 6.07) is 15.9. The Balaban J connectivity index is 1.32. The first-order valence-corrected chi connectivity index (χ1v) is 16.1. The predicted octanol–water partition coefficient (Wildman–Crippen LogP) is 5.75. The van der Waals surface area contributed by atoms with E-state index in [-0.39, 0.29) is 18.1 Å². The number of nitrogens with zero attached hydrogens (tertiary/aromatic N) is 9. The van der Waals surface area contributed by atoms with Crippen LogP contribution in [-0.2, 0) is 11.3 Å². The molecule has 0 spiro atoms. The van der Waals surface area contributed by atoms with Gasteiger partial charge in [-0.05, 0) is 62.9 Å². The van der Waals surface area contributed by atoms with Crippen LogP contribution in [0.2, 0.25) is 5.02 Å². The number of methoxy groups -OCH3 is 1. The number of benzene rings is 2. The van der Waals surface area contributed by atoms with E-state index in [1.54, 1.807) is 28.7 Å². The third kappa shape index (κ3) is 6.87. The molecule has 0 bridgehead atoms. The van der Waals surface area contributed by atoms with Crippen LogP contribution in [0.1, 0.15) is 50.8 Å². The van der Waals surface area contributed by atoms with E-state index >= 15 is 0 Å².